The number of hydrogen-bond acceptors (Lipinski definition) is 3. The molecule has 1 aliphatic carbocycles. The van der Waals surface area contributed by atoms with Gasteiger partial charge in [0.1, 0.15) is 23.1 Å². The van der Waals surface area contributed by atoms with E-state index in [2.05, 4.69) is 20.4 Å². The van der Waals surface area contributed by atoms with Crippen LogP contribution in [0.1, 0.15) is 23.2 Å². The Kier molecular flexibility index (Phi) is 7.46. The van der Waals surface area contributed by atoms with Crippen molar-refractivity contribution in [3.8, 4) is 5.75 Å². The molecule has 2 amide bonds. The lowest BCUT2D eigenvalue weighted by molar-refractivity contribution is -0.253. The third-order valence-electron chi connectivity index (χ3n) is 5.81. The fourth-order valence-corrected chi connectivity index (χ4v) is 3.99. The molecule has 3 aromatic rings. The molecular formula is C25H19ClF7N3O2. The first-order valence-electron chi connectivity index (χ1n) is 11.1. The van der Waals surface area contributed by atoms with Gasteiger partial charge in [-0.3, -0.25) is 4.98 Å². The average molecular weight is 562 g/mol. The number of amides is 2. The molecule has 38 heavy (non-hydrogen) atoms. The van der Waals surface area contributed by atoms with Gasteiger partial charge in [0.2, 0.25) is 0 Å². The highest BCUT2D eigenvalue weighted by atomic mass is 35.5. The largest absolute Gasteiger partial charge is 0.461 e. The fourth-order valence-electron chi connectivity index (χ4n) is 3.88. The molecule has 1 unspecified atom stereocenters. The molecule has 202 valence electrons. The smallest absolute Gasteiger partial charge is 0.428 e. The molecule has 1 fully saturated rings. The van der Waals surface area contributed by atoms with Crippen LogP contribution >= 0.6 is 11.6 Å². The van der Waals surface area contributed by atoms with Crippen molar-refractivity contribution >= 4 is 17.6 Å². The number of pyridine rings is 1. The Balaban J connectivity index is 1.86. The number of halogens is 8. The monoisotopic (exact) mass is 561 g/mol. The summed E-state index contributed by atoms with van der Waals surface area (Å²) in [7, 11) is 0. The van der Waals surface area contributed by atoms with Gasteiger partial charge in [-0.25, -0.2) is 18.0 Å². The highest BCUT2D eigenvalue weighted by Crippen LogP contribution is 2.42. The van der Waals surface area contributed by atoms with Gasteiger partial charge in [-0.1, -0.05) is 41.9 Å². The molecule has 2 aromatic carbocycles. The van der Waals surface area contributed by atoms with Crippen LogP contribution in [0.3, 0.4) is 0 Å². The Hall–Kier alpha value is -3.54. The lowest BCUT2D eigenvalue weighted by Crippen LogP contribution is -2.53. The molecule has 0 saturated heterocycles. The summed E-state index contributed by atoms with van der Waals surface area (Å²) < 4.78 is 98.7. The van der Waals surface area contributed by atoms with E-state index in [4.69, 9.17) is 11.6 Å². The fraction of sp³-hybridized carbons (Fsp3) is 0.280. The summed E-state index contributed by atoms with van der Waals surface area (Å²) >= 11 is 5.96. The van der Waals surface area contributed by atoms with E-state index in [1.165, 1.54) is 18.3 Å². The van der Waals surface area contributed by atoms with Crippen LogP contribution in [-0.2, 0) is 12.0 Å². The summed E-state index contributed by atoms with van der Waals surface area (Å²) in [6, 6.07) is 10.7. The predicted octanol–water partition coefficient (Wildman–Crippen LogP) is 6.30. The molecule has 1 saturated carbocycles. The highest BCUT2D eigenvalue weighted by molar-refractivity contribution is 6.30. The number of carbonyl (C=O) groups excluding carboxylic acids is 1. The Morgan fingerprint density at radius 1 is 1.13 bits per heavy atom. The molecule has 0 spiro atoms. The van der Waals surface area contributed by atoms with Crippen LogP contribution in [-0.4, -0.2) is 35.5 Å². The van der Waals surface area contributed by atoms with E-state index in [1.54, 1.807) is 30.3 Å². The van der Waals surface area contributed by atoms with E-state index in [9.17, 15) is 35.5 Å². The molecule has 1 aromatic heterocycles. The minimum atomic E-state index is -4.95. The number of aromatic nitrogens is 1. The van der Waals surface area contributed by atoms with Crippen molar-refractivity contribution in [2.24, 2.45) is 0 Å². The van der Waals surface area contributed by atoms with Gasteiger partial charge in [0.25, 0.3) is 5.92 Å². The van der Waals surface area contributed by atoms with Gasteiger partial charge in [-0.2, -0.15) is 17.6 Å². The lowest BCUT2D eigenvalue weighted by atomic mass is 9.80. The van der Waals surface area contributed by atoms with E-state index >= 15 is 0 Å². The molecule has 4 rings (SSSR count). The van der Waals surface area contributed by atoms with Crippen molar-refractivity contribution < 1.29 is 40.3 Å². The number of urea groups is 1. The standard InChI is InChI=1S/C25H19ClF7N3O2/c26-16-6-7-19(34-13-16)23(11-14-4-2-1-3-5-14,36-22(37)35-20-12-24(20,30)31)15-8-17(27)10-18(9-15)38-25(32,33)21(28)29/h1-10,13,20-21H,11-12H2,(H2,35,36,37)/t20?,23-/m0/s1. The number of ether oxygens (including phenoxy) is 1. The number of rotatable bonds is 9. The van der Waals surface area contributed by atoms with E-state index in [0.29, 0.717) is 11.6 Å². The maximum Gasteiger partial charge on any atom is 0.461 e. The molecule has 2 N–H and O–H groups in total. The second kappa shape index (κ2) is 10.3. The quantitative estimate of drug-likeness (QED) is 0.301. The van der Waals surface area contributed by atoms with Crippen molar-refractivity contribution in [3.63, 3.8) is 0 Å². The van der Waals surface area contributed by atoms with Gasteiger partial charge in [0.05, 0.1) is 10.7 Å². The molecule has 0 radical (unpaired) electrons. The predicted molar refractivity (Wildman–Crippen MR) is 123 cm³/mol. The van der Waals surface area contributed by atoms with Crippen LogP contribution in [0.25, 0.3) is 0 Å². The summed E-state index contributed by atoms with van der Waals surface area (Å²) in [6.07, 6.45) is -8.75. The summed E-state index contributed by atoms with van der Waals surface area (Å²) in [6.45, 7) is 0. The third-order valence-corrected chi connectivity index (χ3v) is 6.03. The van der Waals surface area contributed by atoms with E-state index in [1.807, 2.05) is 0 Å². The number of carbonyl (C=O) groups is 1. The minimum absolute atomic E-state index is 0.0145. The second-order valence-corrected chi connectivity index (χ2v) is 9.12. The first kappa shape index (κ1) is 27.5. The van der Waals surface area contributed by atoms with Crippen LogP contribution in [0.5, 0.6) is 5.75 Å². The minimum Gasteiger partial charge on any atom is -0.428 e. The molecule has 1 aliphatic rings. The van der Waals surface area contributed by atoms with E-state index in [-0.39, 0.29) is 22.7 Å². The third kappa shape index (κ3) is 6.12. The highest BCUT2D eigenvalue weighted by Gasteiger charge is 2.58. The van der Waals surface area contributed by atoms with Crippen molar-refractivity contribution in [1.29, 1.82) is 0 Å². The van der Waals surface area contributed by atoms with Crippen LogP contribution < -0.4 is 15.4 Å². The molecule has 5 nitrogen and oxygen atoms in total. The first-order valence-corrected chi connectivity index (χ1v) is 11.5. The zero-order valence-corrected chi connectivity index (χ0v) is 20.0. The molecule has 2 atom stereocenters. The topological polar surface area (TPSA) is 63.2 Å². The maximum atomic E-state index is 14.7. The molecular weight excluding hydrogens is 543 g/mol. The van der Waals surface area contributed by atoms with E-state index < -0.39 is 54.1 Å². The van der Waals surface area contributed by atoms with Crippen LogP contribution in [0.4, 0.5) is 35.5 Å². The Labute approximate surface area is 217 Å². The number of nitrogens with one attached hydrogen (secondary N) is 2. The van der Waals surface area contributed by atoms with E-state index in [0.717, 1.165) is 12.1 Å². The Bertz CT molecular complexity index is 1300. The normalized spacial score (nSPS) is 18.0. The molecule has 1 heterocycles. The van der Waals surface area contributed by atoms with Crippen molar-refractivity contribution in [1.82, 2.24) is 15.6 Å². The molecule has 0 bridgehead atoms. The van der Waals surface area contributed by atoms with Gasteiger partial charge < -0.3 is 15.4 Å². The first-order chi connectivity index (χ1) is 17.8. The summed E-state index contributed by atoms with van der Waals surface area (Å²) in [5.74, 6) is -5.24. The summed E-state index contributed by atoms with van der Waals surface area (Å²) in [5.41, 5.74) is -1.58. The number of hydrogen-bond donors (Lipinski definition) is 2. The summed E-state index contributed by atoms with van der Waals surface area (Å²) in [5, 5.41) is 4.84. The second-order valence-electron chi connectivity index (χ2n) is 8.69. The Morgan fingerprint density at radius 2 is 1.82 bits per heavy atom. The van der Waals surface area contributed by atoms with Crippen molar-refractivity contribution in [3.05, 3.63) is 94.5 Å². The number of benzene rings is 2. The van der Waals surface area contributed by atoms with Crippen molar-refractivity contribution in [2.45, 2.75) is 42.9 Å². The van der Waals surface area contributed by atoms with Crippen molar-refractivity contribution in [2.75, 3.05) is 0 Å². The van der Waals surface area contributed by atoms with Gasteiger partial charge in [-0.05, 0) is 35.4 Å². The molecule has 13 heteroatoms. The van der Waals surface area contributed by atoms with Crippen LogP contribution in [0.2, 0.25) is 5.02 Å². The van der Waals surface area contributed by atoms with Gasteiger partial charge in [-0.15, -0.1) is 0 Å². The van der Waals surface area contributed by atoms with Crippen LogP contribution in [0.15, 0.2) is 66.9 Å². The van der Waals surface area contributed by atoms with Gasteiger partial charge >= 0.3 is 18.6 Å². The number of nitrogens with zero attached hydrogens (tertiary/aromatic N) is 1. The SMILES string of the molecule is O=C(NC1CC1(F)F)N[C@@](Cc1ccccc1)(c1cc(F)cc(OC(F)(F)C(F)F)c1)c1ccc(Cl)cn1. The number of alkyl halides is 6. The molecule has 0 aliphatic heterocycles. The lowest BCUT2D eigenvalue weighted by Gasteiger charge is -2.36. The maximum absolute atomic E-state index is 14.7. The summed E-state index contributed by atoms with van der Waals surface area (Å²) in [4.78, 5) is 17.1. The average Bonchev–Trinajstić information content (AvgIpc) is 3.43. The zero-order valence-electron chi connectivity index (χ0n) is 19.2. The van der Waals surface area contributed by atoms with Crippen LogP contribution in [0, 0.1) is 5.82 Å². The van der Waals surface area contributed by atoms with Gasteiger partial charge in [0.15, 0.2) is 0 Å². The van der Waals surface area contributed by atoms with Gasteiger partial charge in [0, 0.05) is 25.1 Å². The Morgan fingerprint density at radius 3 is 2.39 bits per heavy atom. The zero-order chi connectivity index (χ0) is 27.7.